The summed E-state index contributed by atoms with van der Waals surface area (Å²) in [7, 11) is 0. The van der Waals surface area contributed by atoms with Crippen LogP contribution in [0.4, 0.5) is 0 Å². The van der Waals surface area contributed by atoms with Crippen LogP contribution in [0.1, 0.15) is 25.0 Å². The number of likely N-dealkylation sites (N-methyl/N-ethyl adjacent to an activating group) is 1. The number of benzene rings is 1. The highest BCUT2D eigenvalue weighted by molar-refractivity contribution is 6.30. The van der Waals surface area contributed by atoms with Crippen molar-refractivity contribution in [3.05, 3.63) is 52.8 Å². The topological polar surface area (TPSA) is 29.9 Å². The highest BCUT2D eigenvalue weighted by Gasteiger charge is 2.11. The molecule has 3 nitrogen and oxygen atoms in total. The third-order valence-electron chi connectivity index (χ3n) is 3.36. The fourth-order valence-electron chi connectivity index (χ4n) is 2.42. The lowest BCUT2D eigenvalue weighted by atomic mass is 10.0. The Morgan fingerprint density at radius 2 is 2.05 bits per heavy atom. The van der Waals surface area contributed by atoms with Gasteiger partial charge in [0.05, 0.1) is 6.20 Å². The molecule has 0 aliphatic heterocycles. The van der Waals surface area contributed by atoms with Gasteiger partial charge in [-0.1, -0.05) is 30.7 Å². The first-order valence-corrected chi connectivity index (χ1v) is 7.58. The number of halogens is 1. The molecule has 1 atom stereocenters. The van der Waals surface area contributed by atoms with Crippen LogP contribution in [0.5, 0.6) is 0 Å². The first kappa shape index (κ1) is 15.1. The summed E-state index contributed by atoms with van der Waals surface area (Å²) >= 11 is 6.05. The Morgan fingerprint density at radius 3 is 2.70 bits per heavy atom. The summed E-state index contributed by atoms with van der Waals surface area (Å²) in [6.45, 7) is 6.12. The molecule has 0 amide bonds. The SMILES string of the molecule is CCNC(Cc1cccc(Cl)c1)Cc1cnn(CC)c1. The third kappa shape index (κ3) is 4.36. The van der Waals surface area contributed by atoms with Gasteiger partial charge in [0.25, 0.3) is 0 Å². The second-order valence-electron chi connectivity index (χ2n) is 5.00. The van der Waals surface area contributed by atoms with E-state index < -0.39 is 0 Å². The molecule has 0 aliphatic carbocycles. The molecule has 0 bridgehead atoms. The van der Waals surface area contributed by atoms with Gasteiger partial charge in [0.1, 0.15) is 0 Å². The second kappa shape index (κ2) is 7.46. The minimum atomic E-state index is 0.410. The Morgan fingerprint density at radius 1 is 1.25 bits per heavy atom. The standard InChI is InChI=1S/C16H22ClN3/c1-3-18-16(9-13-6-5-7-15(17)8-13)10-14-11-19-20(4-2)12-14/h5-8,11-12,16,18H,3-4,9-10H2,1-2H3. The second-order valence-corrected chi connectivity index (χ2v) is 5.43. The van der Waals surface area contributed by atoms with Gasteiger partial charge in [0.2, 0.25) is 0 Å². The first-order valence-electron chi connectivity index (χ1n) is 7.20. The van der Waals surface area contributed by atoms with Gasteiger partial charge < -0.3 is 5.32 Å². The zero-order chi connectivity index (χ0) is 14.4. The molecule has 4 heteroatoms. The quantitative estimate of drug-likeness (QED) is 0.848. The summed E-state index contributed by atoms with van der Waals surface area (Å²) in [6.07, 6.45) is 6.06. The number of aryl methyl sites for hydroxylation is 1. The number of nitrogens with zero attached hydrogens (tertiary/aromatic N) is 2. The van der Waals surface area contributed by atoms with Gasteiger partial charge >= 0.3 is 0 Å². The normalized spacial score (nSPS) is 12.6. The molecule has 20 heavy (non-hydrogen) atoms. The molecular weight excluding hydrogens is 270 g/mol. The Labute approximate surface area is 126 Å². The molecule has 1 N–H and O–H groups in total. The van der Waals surface area contributed by atoms with Crippen LogP contribution >= 0.6 is 11.6 Å². The number of nitrogens with one attached hydrogen (secondary N) is 1. The van der Waals surface area contributed by atoms with Crippen LogP contribution in [0.2, 0.25) is 5.02 Å². The molecule has 1 aromatic carbocycles. The van der Waals surface area contributed by atoms with Crippen molar-refractivity contribution in [3.63, 3.8) is 0 Å². The van der Waals surface area contributed by atoms with Crippen molar-refractivity contribution >= 4 is 11.6 Å². The molecule has 2 aromatic rings. The number of rotatable bonds is 7. The van der Waals surface area contributed by atoms with Crippen LogP contribution in [-0.2, 0) is 19.4 Å². The monoisotopic (exact) mass is 291 g/mol. The Balaban J connectivity index is 2.02. The molecule has 0 saturated heterocycles. The minimum absolute atomic E-state index is 0.410. The van der Waals surface area contributed by atoms with E-state index in [4.69, 9.17) is 11.6 Å². The van der Waals surface area contributed by atoms with Gasteiger partial charge in [-0.15, -0.1) is 0 Å². The maximum Gasteiger partial charge on any atom is 0.0522 e. The fraction of sp³-hybridized carbons (Fsp3) is 0.438. The van der Waals surface area contributed by atoms with E-state index in [-0.39, 0.29) is 0 Å². The van der Waals surface area contributed by atoms with E-state index >= 15 is 0 Å². The lowest BCUT2D eigenvalue weighted by Crippen LogP contribution is -2.32. The van der Waals surface area contributed by atoms with Crippen molar-refractivity contribution in [1.82, 2.24) is 15.1 Å². The van der Waals surface area contributed by atoms with Gasteiger partial charge in [-0.05, 0) is 49.6 Å². The van der Waals surface area contributed by atoms with Crippen LogP contribution in [0.25, 0.3) is 0 Å². The predicted molar refractivity (Wildman–Crippen MR) is 84.2 cm³/mol. The average molecular weight is 292 g/mol. The van der Waals surface area contributed by atoms with Crippen molar-refractivity contribution in [2.45, 2.75) is 39.3 Å². The van der Waals surface area contributed by atoms with E-state index in [1.54, 1.807) is 0 Å². The molecule has 1 aromatic heterocycles. The predicted octanol–water partition coefficient (Wildman–Crippen LogP) is 3.32. The summed E-state index contributed by atoms with van der Waals surface area (Å²) in [4.78, 5) is 0. The largest absolute Gasteiger partial charge is 0.314 e. The summed E-state index contributed by atoms with van der Waals surface area (Å²) in [5.74, 6) is 0. The maximum absolute atomic E-state index is 6.05. The molecule has 1 heterocycles. The van der Waals surface area contributed by atoms with Gasteiger partial charge in [-0.2, -0.15) is 5.10 Å². The Hall–Kier alpha value is -1.32. The molecule has 1 unspecified atom stereocenters. The molecule has 0 aliphatic rings. The maximum atomic E-state index is 6.05. The fourth-order valence-corrected chi connectivity index (χ4v) is 2.64. The van der Waals surface area contributed by atoms with Crippen molar-refractivity contribution in [2.75, 3.05) is 6.54 Å². The van der Waals surface area contributed by atoms with Crippen molar-refractivity contribution in [2.24, 2.45) is 0 Å². The zero-order valence-electron chi connectivity index (χ0n) is 12.1. The lowest BCUT2D eigenvalue weighted by Gasteiger charge is -2.17. The van der Waals surface area contributed by atoms with Crippen LogP contribution in [-0.4, -0.2) is 22.4 Å². The van der Waals surface area contributed by atoms with Crippen molar-refractivity contribution in [3.8, 4) is 0 Å². The van der Waals surface area contributed by atoms with Gasteiger partial charge in [-0.3, -0.25) is 4.68 Å². The number of hydrogen-bond acceptors (Lipinski definition) is 2. The Kier molecular flexibility index (Phi) is 5.62. The van der Waals surface area contributed by atoms with Crippen LogP contribution in [0.15, 0.2) is 36.7 Å². The van der Waals surface area contributed by atoms with E-state index in [0.29, 0.717) is 6.04 Å². The third-order valence-corrected chi connectivity index (χ3v) is 3.59. The molecule has 108 valence electrons. The van der Waals surface area contributed by atoms with E-state index in [0.717, 1.165) is 31.0 Å². The van der Waals surface area contributed by atoms with E-state index in [9.17, 15) is 0 Å². The van der Waals surface area contributed by atoms with Crippen LogP contribution in [0, 0.1) is 0 Å². The first-order chi connectivity index (χ1) is 9.71. The zero-order valence-corrected chi connectivity index (χ0v) is 12.9. The van der Waals surface area contributed by atoms with E-state index in [1.807, 2.05) is 29.1 Å². The highest BCUT2D eigenvalue weighted by Crippen LogP contribution is 2.14. The molecule has 2 rings (SSSR count). The lowest BCUT2D eigenvalue weighted by molar-refractivity contribution is 0.521. The summed E-state index contributed by atoms with van der Waals surface area (Å²) in [5, 5.41) is 8.69. The molecular formula is C16H22ClN3. The Bertz CT molecular complexity index is 536. The van der Waals surface area contributed by atoms with E-state index in [1.165, 1.54) is 11.1 Å². The average Bonchev–Trinajstić information content (AvgIpc) is 2.87. The van der Waals surface area contributed by atoms with Crippen molar-refractivity contribution < 1.29 is 0 Å². The number of aromatic nitrogens is 2. The highest BCUT2D eigenvalue weighted by atomic mass is 35.5. The van der Waals surface area contributed by atoms with Crippen LogP contribution in [0.3, 0.4) is 0 Å². The molecule has 0 fully saturated rings. The van der Waals surface area contributed by atoms with Crippen molar-refractivity contribution in [1.29, 1.82) is 0 Å². The van der Waals surface area contributed by atoms with Gasteiger partial charge in [0, 0.05) is 23.8 Å². The molecule has 0 spiro atoms. The number of hydrogen-bond donors (Lipinski definition) is 1. The summed E-state index contributed by atoms with van der Waals surface area (Å²) in [5.41, 5.74) is 2.55. The van der Waals surface area contributed by atoms with Crippen LogP contribution < -0.4 is 5.32 Å². The van der Waals surface area contributed by atoms with Gasteiger partial charge in [0.15, 0.2) is 0 Å². The van der Waals surface area contributed by atoms with E-state index in [2.05, 4.69) is 36.5 Å². The summed E-state index contributed by atoms with van der Waals surface area (Å²) < 4.78 is 1.97. The van der Waals surface area contributed by atoms with Gasteiger partial charge in [-0.25, -0.2) is 0 Å². The summed E-state index contributed by atoms with van der Waals surface area (Å²) in [6, 6.07) is 8.51. The smallest absolute Gasteiger partial charge is 0.0522 e. The minimum Gasteiger partial charge on any atom is -0.314 e. The molecule has 0 radical (unpaired) electrons. The molecule has 0 saturated carbocycles.